The van der Waals surface area contributed by atoms with Crippen molar-refractivity contribution in [2.75, 3.05) is 20.3 Å². The van der Waals surface area contributed by atoms with Crippen LogP contribution in [0.4, 0.5) is 4.79 Å². The summed E-state index contributed by atoms with van der Waals surface area (Å²) in [5.41, 5.74) is -0.507. The predicted octanol–water partition coefficient (Wildman–Crippen LogP) is 1.92. The van der Waals surface area contributed by atoms with E-state index in [-0.39, 0.29) is 6.54 Å². The van der Waals surface area contributed by atoms with Crippen molar-refractivity contribution in [2.24, 2.45) is 0 Å². The Labute approximate surface area is 103 Å². The van der Waals surface area contributed by atoms with E-state index in [1.165, 1.54) is 0 Å². The van der Waals surface area contributed by atoms with Crippen molar-refractivity contribution in [3.63, 3.8) is 0 Å². The lowest BCUT2D eigenvalue weighted by Crippen LogP contribution is -2.33. The molecule has 0 atom stereocenters. The monoisotopic (exact) mass is 245 g/mol. The summed E-state index contributed by atoms with van der Waals surface area (Å²) in [4.78, 5) is 20.5. The van der Waals surface area contributed by atoms with Crippen LogP contribution in [0.25, 0.3) is 0 Å². The summed E-state index contributed by atoms with van der Waals surface area (Å²) < 4.78 is 9.54. The third-order valence-corrected chi connectivity index (χ3v) is 1.25. The van der Waals surface area contributed by atoms with E-state index in [2.05, 4.69) is 11.9 Å². The van der Waals surface area contributed by atoms with E-state index in [0.29, 0.717) is 6.29 Å². The lowest BCUT2D eigenvalue weighted by atomic mass is 10.2. The van der Waals surface area contributed by atoms with Crippen molar-refractivity contribution in [2.45, 2.75) is 32.8 Å². The van der Waals surface area contributed by atoms with Crippen LogP contribution in [-0.2, 0) is 14.3 Å². The molecule has 0 radical (unpaired) electrons. The second-order valence-corrected chi connectivity index (χ2v) is 4.12. The van der Waals surface area contributed by atoms with Crippen LogP contribution in [0.5, 0.6) is 0 Å². The highest BCUT2D eigenvalue weighted by atomic mass is 16.6. The third kappa shape index (κ3) is 20.7. The van der Waals surface area contributed by atoms with Gasteiger partial charge in [-0.15, -0.1) is 6.58 Å². The molecule has 1 N–H and O–H groups in total. The number of carbonyl (C=O) groups is 2. The van der Waals surface area contributed by atoms with E-state index in [4.69, 9.17) is 9.47 Å². The van der Waals surface area contributed by atoms with Crippen molar-refractivity contribution in [3.05, 3.63) is 12.7 Å². The average molecular weight is 245 g/mol. The average Bonchev–Trinajstić information content (AvgIpc) is 2.22. The third-order valence-electron chi connectivity index (χ3n) is 1.25. The summed E-state index contributed by atoms with van der Waals surface area (Å²) in [5.74, 6) is 0. The Morgan fingerprint density at radius 2 is 2.00 bits per heavy atom. The quantitative estimate of drug-likeness (QED) is 0.456. The van der Waals surface area contributed by atoms with Crippen molar-refractivity contribution in [1.82, 2.24) is 5.32 Å². The largest absolute Gasteiger partial charge is 0.444 e. The predicted molar refractivity (Wildman–Crippen MR) is 67.0 cm³/mol. The molecule has 0 saturated heterocycles. The molecule has 0 saturated carbocycles. The molecule has 0 rings (SSSR count). The minimum atomic E-state index is -0.565. The highest BCUT2D eigenvalue weighted by Crippen LogP contribution is 2.05. The molecule has 0 bridgehead atoms. The summed E-state index contributed by atoms with van der Waals surface area (Å²) in [6.45, 7) is 9.58. The number of hydrogen-bond acceptors (Lipinski definition) is 4. The smallest absolute Gasteiger partial charge is 0.408 e. The first-order valence-electron chi connectivity index (χ1n) is 5.37. The van der Waals surface area contributed by atoms with Gasteiger partial charge in [0.05, 0.1) is 6.54 Å². The van der Waals surface area contributed by atoms with Gasteiger partial charge < -0.3 is 19.6 Å². The highest BCUT2D eigenvalue weighted by Gasteiger charge is 2.14. The Morgan fingerprint density at radius 3 is 2.29 bits per heavy atom. The zero-order valence-corrected chi connectivity index (χ0v) is 11.1. The van der Waals surface area contributed by atoms with E-state index < -0.39 is 11.7 Å². The molecule has 0 aromatic carbocycles. The summed E-state index contributed by atoms with van der Waals surface area (Å²) in [6, 6.07) is 0. The second kappa shape index (κ2) is 11.1. The van der Waals surface area contributed by atoms with Crippen LogP contribution in [0.3, 0.4) is 0 Å². The molecule has 1 amide bonds. The number of aldehydes is 1. The van der Waals surface area contributed by atoms with Gasteiger partial charge in [0.25, 0.3) is 0 Å². The number of rotatable bonds is 5. The van der Waals surface area contributed by atoms with Gasteiger partial charge in [0.1, 0.15) is 11.9 Å². The summed E-state index contributed by atoms with van der Waals surface area (Å²) in [7, 11) is 1.68. The van der Waals surface area contributed by atoms with Gasteiger partial charge in [0.2, 0.25) is 0 Å². The number of nitrogens with one attached hydrogen (secondary N) is 1. The van der Waals surface area contributed by atoms with Crippen LogP contribution in [0.15, 0.2) is 12.7 Å². The fraction of sp³-hybridized carbons (Fsp3) is 0.667. The first kappa shape index (κ1) is 18.0. The number of methoxy groups -OCH3 is 1. The molecular formula is C12H23NO4. The van der Waals surface area contributed by atoms with Gasteiger partial charge in [0, 0.05) is 13.7 Å². The first-order chi connectivity index (χ1) is 7.87. The number of ether oxygens (including phenoxy) is 2. The molecule has 0 aromatic heterocycles. The maximum absolute atomic E-state index is 10.7. The Bertz CT molecular complexity index is 221. The van der Waals surface area contributed by atoms with Crippen LogP contribution >= 0.6 is 0 Å². The van der Waals surface area contributed by atoms with Crippen molar-refractivity contribution in [1.29, 1.82) is 0 Å². The summed E-state index contributed by atoms with van der Waals surface area (Å²) in [6.07, 6.45) is 2.83. The Kier molecular flexibility index (Phi) is 11.8. The van der Waals surface area contributed by atoms with Crippen LogP contribution in [-0.4, -0.2) is 38.2 Å². The minimum Gasteiger partial charge on any atom is -0.444 e. The Morgan fingerprint density at radius 1 is 1.41 bits per heavy atom. The molecular weight excluding hydrogens is 222 g/mol. The summed E-state index contributed by atoms with van der Waals surface area (Å²) >= 11 is 0. The molecule has 5 heteroatoms. The van der Waals surface area contributed by atoms with Crippen LogP contribution in [0, 0.1) is 0 Å². The van der Waals surface area contributed by atoms with Gasteiger partial charge in [-0.1, -0.05) is 6.08 Å². The van der Waals surface area contributed by atoms with E-state index >= 15 is 0 Å². The fourth-order valence-corrected chi connectivity index (χ4v) is 0.640. The molecule has 17 heavy (non-hydrogen) atoms. The van der Waals surface area contributed by atoms with E-state index in [9.17, 15) is 9.59 Å². The molecule has 0 unspecified atom stereocenters. The van der Waals surface area contributed by atoms with Gasteiger partial charge in [-0.05, 0) is 27.2 Å². The zero-order valence-electron chi connectivity index (χ0n) is 11.1. The Hall–Kier alpha value is -1.36. The second-order valence-electron chi connectivity index (χ2n) is 4.12. The molecule has 100 valence electrons. The normalized spacial score (nSPS) is 9.65. The summed E-state index contributed by atoms with van der Waals surface area (Å²) in [5, 5.41) is 2.26. The number of carbonyl (C=O) groups excluding carboxylic acids is 2. The van der Waals surface area contributed by atoms with Gasteiger partial charge in [-0.3, -0.25) is 0 Å². The topological polar surface area (TPSA) is 64.6 Å². The molecule has 0 aliphatic rings. The van der Waals surface area contributed by atoms with Crippen LogP contribution < -0.4 is 5.32 Å². The maximum Gasteiger partial charge on any atom is 0.408 e. The lowest BCUT2D eigenvalue weighted by Gasteiger charge is -2.18. The molecule has 0 heterocycles. The zero-order chi connectivity index (χ0) is 13.7. The van der Waals surface area contributed by atoms with Crippen molar-refractivity contribution in [3.8, 4) is 0 Å². The fourth-order valence-electron chi connectivity index (χ4n) is 0.640. The van der Waals surface area contributed by atoms with Gasteiger partial charge in [-0.2, -0.15) is 0 Å². The Balaban J connectivity index is 0. The van der Waals surface area contributed by atoms with Crippen molar-refractivity contribution >= 4 is 12.4 Å². The molecule has 0 aliphatic carbocycles. The first-order valence-corrected chi connectivity index (χ1v) is 5.37. The molecule has 0 aliphatic heterocycles. The standard InChI is InChI=1S/C7H13NO3.C5H10O/c1-7(2,3)11-6(10)8-4-5-9;1-3-4-5-6-2/h5H,4H2,1-3H3,(H,8,10);3H,1,4-5H2,2H3. The minimum absolute atomic E-state index is 0.00505. The highest BCUT2D eigenvalue weighted by molar-refractivity contribution is 5.71. The lowest BCUT2D eigenvalue weighted by molar-refractivity contribution is -0.107. The van der Waals surface area contributed by atoms with Crippen molar-refractivity contribution < 1.29 is 19.1 Å². The van der Waals surface area contributed by atoms with Gasteiger partial charge >= 0.3 is 6.09 Å². The number of hydrogen-bond donors (Lipinski definition) is 1. The van der Waals surface area contributed by atoms with E-state index in [1.807, 2.05) is 6.08 Å². The van der Waals surface area contributed by atoms with Gasteiger partial charge in [-0.25, -0.2) is 4.79 Å². The van der Waals surface area contributed by atoms with E-state index in [1.54, 1.807) is 27.9 Å². The number of alkyl carbamates (subject to hydrolysis) is 1. The number of amides is 1. The van der Waals surface area contributed by atoms with E-state index in [0.717, 1.165) is 13.0 Å². The van der Waals surface area contributed by atoms with Crippen LogP contribution in [0.2, 0.25) is 0 Å². The maximum atomic E-state index is 10.7. The molecule has 0 aromatic rings. The molecule has 0 fully saturated rings. The molecule has 5 nitrogen and oxygen atoms in total. The molecule has 0 spiro atoms. The SMILES string of the molecule is C=CCCOC.CC(C)(C)OC(=O)NCC=O. The van der Waals surface area contributed by atoms with Gasteiger partial charge in [0.15, 0.2) is 0 Å². The van der Waals surface area contributed by atoms with Crippen LogP contribution in [0.1, 0.15) is 27.2 Å².